The van der Waals surface area contributed by atoms with Gasteiger partial charge in [0.1, 0.15) is 10.7 Å². The number of sulfonamides is 1. The molecule has 6 nitrogen and oxygen atoms in total. The first-order chi connectivity index (χ1) is 8.13. The van der Waals surface area contributed by atoms with Crippen molar-refractivity contribution in [3.63, 3.8) is 0 Å². The van der Waals surface area contributed by atoms with Crippen molar-refractivity contribution < 1.29 is 8.42 Å². The van der Waals surface area contributed by atoms with Crippen LogP contribution in [0.2, 0.25) is 0 Å². The molecular weight excluding hydrogens is 252 g/mol. The van der Waals surface area contributed by atoms with Gasteiger partial charge in [0, 0.05) is 32.4 Å². The van der Waals surface area contributed by atoms with Crippen molar-refractivity contribution in [2.24, 2.45) is 5.73 Å². The molecule has 0 radical (unpaired) electrons. The van der Waals surface area contributed by atoms with Crippen LogP contribution in [-0.4, -0.2) is 43.9 Å². The molecule has 0 saturated heterocycles. The molecule has 0 saturated carbocycles. The van der Waals surface area contributed by atoms with Crippen LogP contribution in [-0.2, 0) is 10.0 Å². The van der Waals surface area contributed by atoms with Gasteiger partial charge in [-0.05, 0) is 26.0 Å². The van der Waals surface area contributed by atoms with Gasteiger partial charge in [-0.15, -0.1) is 0 Å². The van der Waals surface area contributed by atoms with Gasteiger partial charge in [0.05, 0.1) is 0 Å². The molecule has 0 amide bonds. The quantitative estimate of drug-likeness (QED) is 0.814. The van der Waals surface area contributed by atoms with Crippen LogP contribution < -0.4 is 11.1 Å². The summed E-state index contributed by atoms with van der Waals surface area (Å²) >= 11 is 0. The summed E-state index contributed by atoms with van der Waals surface area (Å²) in [6, 6.07) is 3.15. The second-order valence-electron chi connectivity index (χ2n) is 5.01. The van der Waals surface area contributed by atoms with Gasteiger partial charge in [0.15, 0.2) is 0 Å². The minimum absolute atomic E-state index is 0.171. The second-order valence-corrected chi connectivity index (χ2v) is 7.16. The highest BCUT2D eigenvalue weighted by Gasteiger charge is 2.17. The van der Waals surface area contributed by atoms with Crippen molar-refractivity contribution in [1.29, 1.82) is 0 Å². The van der Waals surface area contributed by atoms with Gasteiger partial charge in [-0.3, -0.25) is 0 Å². The molecule has 1 aromatic rings. The average Bonchev–Trinajstić information content (AvgIpc) is 2.26. The van der Waals surface area contributed by atoms with Gasteiger partial charge in [0.2, 0.25) is 10.0 Å². The van der Waals surface area contributed by atoms with E-state index in [4.69, 9.17) is 5.73 Å². The third kappa shape index (κ3) is 3.94. The summed E-state index contributed by atoms with van der Waals surface area (Å²) < 4.78 is 24.8. The van der Waals surface area contributed by atoms with Gasteiger partial charge in [-0.25, -0.2) is 17.7 Å². The Morgan fingerprint density at radius 2 is 2.00 bits per heavy atom. The first-order valence-corrected chi connectivity index (χ1v) is 6.98. The maximum Gasteiger partial charge on any atom is 0.244 e. The lowest BCUT2D eigenvalue weighted by Crippen LogP contribution is -2.39. The van der Waals surface area contributed by atoms with Gasteiger partial charge in [-0.1, -0.05) is 0 Å². The zero-order chi connectivity index (χ0) is 14.0. The van der Waals surface area contributed by atoms with E-state index in [0.717, 1.165) is 4.31 Å². The fourth-order valence-electron chi connectivity index (χ4n) is 1.17. The fourth-order valence-corrected chi connectivity index (χ4v) is 2.01. The number of nitrogens with zero attached hydrogens (tertiary/aromatic N) is 2. The lowest BCUT2D eigenvalue weighted by Gasteiger charge is -2.19. The maximum atomic E-state index is 11.8. The molecule has 102 valence electrons. The maximum absolute atomic E-state index is 11.8. The van der Waals surface area contributed by atoms with Crippen LogP contribution in [0.25, 0.3) is 0 Å². The smallest absolute Gasteiger partial charge is 0.244 e. The summed E-state index contributed by atoms with van der Waals surface area (Å²) in [7, 11) is -0.450. The van der Waals surface area contributed by atoms with Crippen molar-refractivity contribution in [2.75, 3.05) is 26.0 Å². The highest BCUT2D eigenvalue weighted by atomic mass is 32.2. The van der Waals surface area contributed by atoms with Crippen LogP contribution in [0.3, 0.4) is 0 Å². The zero-order valence-corrected chi connectivity index (χ0v) is 12.0. The lowest BCUT2D eigenvalue weighted by atomic mass is 10.1. The Bertz CT molecular complexity index is 489. The molecular formula is C11H20N4O2S. The van der Waals surface area contributed by atoms with Gasteiger partial charge in [-0.2, -0.15) is 0 Å². The van der Waals surface area contributed by atoms with Crippen molar-refractivity contribution in [2.45, 2.75) is 24.3 Å². The largest absolute Gasteiger partial charge is 0.368 e. The summed E-state index contributed by atoms with van der Waals surface area (Å²) in [5.41, 5.74) is 5.48. The van der Waals surface area contributed by atoms with E-state index in [1.165, 1.54) is 26.4 Å². The molecule has 3 N–H and O–H groups in total. The summed E-state index contributed by atoms with van der Waals surface area (Å²) in [5, 5.41) is 3.05. The van der Waals surface area contributed by atoms with Crippen LogP contribution in [0, 0.1) is 0 Å². The topological polar surface area (TPSA) is 88.3 Å². The number of hydrogen-bond donors (Lipinski definition) is 2. The van der Waals surface area contributed by atoms with E-state index in [-0.39, 0.29) is 10.4 Å². The lowest BCUT2D eigenvalue weighted by molar-refractivity contribution is 0.520. The highest BCUT2D eigenvalue weighted by molar-refractivity contribution is 7.89. The highest BCUT2D eigenvalue weighted by Crippen LogP contribution is 2.14. The SMILES string of the molecule is CN(C)S(=O)(=O)c1ccc(NCC(C)(C)N)nc1. The van der Waals surface area contributed by atoms with E-state index in [1.54, 1.807) is 6.07 Å². The molecule has 7 heteroatoms. The van der Waals surface area contributed by atoms with Gasteiger partial charge in [0.25, 0.3) is 0 Å². The van der Waals surface area contributed by atoms with E-state index in [0.29, 0.717) is 12.4 Å². The number of nitrogens with one attached hydrogen (secondary N) is 1. The van der Waals surface area contributed by atoms with E-state index in [2.05, 4.69) is 10.3 Å². The number of rotatable bonds is 5. The average molecular weight is 272 g/mol. The monoisotopic (exact) mass is 272 g/mol. The minimum atomic E-state index is -3.42. The fraction of sp³-hybridized carbons (Fsp3) is 0.545. The molecule has 0 aromatic carbocycles. The van der Waals surface area contributed by atoms with E-state index < -0.39 is 10.0 Å². The van der Waals surface area contributed by atoms with Crippen LogP contribution >= 0.6 is 0 Å². The minimum Gasteiger partial charge on any atom is -0.368 e. The Hall–Kier alpha value is -1.18. The number of aromatic nitrogens is 1. The molecule has 0 bridgehead atoms. The summed E-state index contributed by atoms with van der Waals surface area (Å²) in [6.07, 6.45) is 1.33. The van der Waals surface area contributed by atoms with E-state index in [9.17, 15) is 8.42 Å². The van der Waals surface area contributed by atoms with Crippen molar-refractivity contribution >= 4 is 15.8 Å². The molecule has 1 rings (SSSR count). The van der Waals surface area contributed by atoms with Gasteiger partial charge < -0.3 is 11.1 Å². The van der Waals surface area contributed by atoms with Crippen molar-refractivity contribution in [3.05, 3.63) is 18.3 Å². The van der Waals surface area contributed by atoms with E-state index >= 15 is 0 Å². The van der Waals surface area contributed by atoms with E-state index in [1.807, 2.05) is 13.8 Å². The van der Waals surface area contributed by atoms with Crippen LogP contribution in [0.5, 0.6) is 0 Å². The Kier molecular flexibility index (Phi) is 4.31. The third-order valence-electron chi connectivity index (χ3n) is 2.24. The molecule has 0 aliphatic rings. The molecule has 18 heavy (non-hydrogen) atoms. The predicted octanol–water partition coefficient (Wildman–Crippen LogP) is 0.481. The Morgan fingerprint density at radius 3 is 2.39 bits per heavy atom. The third-order valence-corrected chi connectivity index (χ3v) is 4.04. The standard InChI is InChI=1S/C11H20N4O2S/c1-11(2,12)8-14-10-6-5-9(7-13-10)18(16,17)15(3)4/h5-7H,8,12H2,1-4H3,(H,13,14). The molecule has 0 unspecified atom stereocenters. The Morgan fingerprint density at radius 1 is 1.39 bits per heavy atom. The molecule has 0 aliphatic carbocycles. The molecule has 0 aliphatic heterocycles. The Labute approximate surface area is 108 Å². The molecule has 0 spiro atoms. The first-order valence-electron chi connectivity index (χ1n) is 5.54. The zero-order valence-electron chi connectivity index (χ0n) is 11.1. The number of pyridine rings is 1. The van der Waals surface area contributed by atoms with Crippen molar-refractivity contribution in [1.82, 2.24) is 9.29 Å². The second kappa shape index (κ2) is 5.21. The van der Waals surface area contributed by atoms with Gasteiger partial charge >= 0.3 is 0 Å². The predicted molar refractivity (Wildman–Crippen MR) is 71.9 cm³/mol. The number of hydrogen-bond acceptors (Lipinski definition) is 5. The summed E-state index contributed by atoms with van der Waals surface area (Å²) in [6.45, 7) is 4.34. The van der Waals surface area contributed by atoms with Crippen molar-refractivity contribution in [3.8, 4) is 0 Å². The van der Waals surface area contributed by atoms with Crippen LogP contribution in [0.1, 0.15) is 13.8 Å². The number of anilines is 1. The molecule has 0 fully saturated rings. The first kappa shape index (κ1) is 14.9. The number of nitrogens with two attached hydrogens (primary N) is 1. The van der Waals surface area contributed by atoms with Crippen LogP contribution in [0.4, 0.5) is 5.82 Å². The Balaban J connectivity index is 2.81. The van der Waals surface area contributed by atoms with Crippen LogP contribution in [0.15, 0.2) is 23.2 Å². The molecule has 0 atom stereocenters. The summed E-state index contributed by atoms with van der Waals surface area (Å²) in [5.74, 6) is 0.603. The normalized spacial score (nSPS) is 12.8. The molecule has 1 heterocycles. The summed E-state index contributed by atoms with van der Waals surface area (Å²) in [4.78, 5) is 4.23. The molecule has 1 aromatic heterocycles.